The normalized spacial score (nSPS) is 11.3. The van der Waals surface area contributed by atoms with Crippen molar-refractivity contribution in [3.05, 3.63) is 54.1 Å². The number of nitrogens with two attached hydrogens (primary N) is 1. The van der Waals surface area contributed by atoms with E-state index in [4.69, 9.17) is 15.2 Å². The van der Waals surface area contributed by atoms with Crippen LogP contribution in [-0.4, -0.2) is 39.4 Å². The van der Waals surface area contributed by atoms with E-state index < -0.39 is 15.9 Å². The third-order valence-electron chi connectivity index (χ3n) is 3.80. The molecule has 2 rings (SSSR count). The molecular weight excluding hydrogens is 356 g/mol. The van der Waals surface area contributed by atoms with Crippen molar-refractivity contribution in [1.82, 2.24) is 4.31 Å². The SMILES string of the molecule is COc1ccc(OC)c(S(=O)(=O)N(CCC(N)=O)Cc2ccccc2)c1. The molecule has 0 aliphatic rings. The maximum absolute atomic E-state index is 13.2. The number of carbonyl (C=O) groups excluding carboxylic acids is 1. The molecule has 0 atom stereocenters. The Hall–Kier alpha value is -2.58. The zero-order chi connectivity index (χ0) is 19.2. The predicted molar refractivity (Wildman–Crippen MR) is 97.4 cm³/mol. The summed E-state index contributed by atoms with van der Waals surface area (Å²) in [4.78, 5) is 11.2. The minimum atomic E-state index is -3.95. The highest BCUT2D eigenvalue weighted by Crippen LogP contribution is 2.31. The van der Waals surface area contributed by atoms with Gasteiger partial charge in [0, 0.05) is 25.6 Å². The zero-order valence-electron chi connectivity index (χ0n) is 14.7. The zero-order valence-corrected chi connectivity index (χ0v) is 15.5. The van der Waals surface area contributed by atoms with Crippen LogP contribution in [0.25, 0.3) is 0 Å². The fourth-order valence-corrected chi connectivity index (χ4v) is 4.03. The summed E-state index contributed by atoms with van der Waals surface area (Å²) in [6, 6.07) is 13.7. The molecule has 26 heavy (non-hydrogen) atoms. The van der Waals surface area contributed by atoms with Gasteiger partial charge in [0.2, 0.25) is 15.9 Å². The maximum Gasteiger partial charge on any atom is 0.247 e. The van der Waals surface area contributed by atoms with E-state index in [1.54, 1.807) is 6.07 Å². The number of benzene rings is 2. The molecule has 8 heteroatoms. The Labute approximate surface area is 153 Å². The van der Waals surface area contributed by atoms with E-state index in [-0.39, 0.29) is 30.2 Å². The summed E-state index contributed by atoms with van der Waals surface area (Å²) < 4.78 is 38.0. The number of rotatable bonds is 9. The standard InChI is InChI=1S/C18H22N2O5S/c1-24-15-8-9-16(25-2)17(12-15)26(22,23)20(11-10-18(19)21)13-14-6-4-3-5-7-14/h3-9,12H,10-11,13H2,1-2H3,(H2,19,21). The quantitative estimate of drug-likeness (QED) is 0.717. The summed E-state index contributed by atoms with van der Waals surface area (Å²) in [6.07, 6.45) is -0.0850. The third kappa shape index (κ3) is 4.74. The molecule has 0 aliphatic carbocycles. The number of ether oxygens (including phenoxy) is 2. The first-order valence-corrected chi connectivity index (χ1v) is 9.37. The molecule has 0 heterocycles. The highest BCUT2D eigenvalue weighted by atomic mass is 32.2. The topological polar surface area (TPSA) is 98.9 Å². The molecule has 0 bridgehead atoms. The number of hydrogen-bond acceptors (Lipinski definition) is 5. The largest absolute Gasteiger partial charge is 0.497 e. The molecule has 1 amide bonds. The molecule has 7 nitrogen and oxygen atoms in total. The number of carbonyl (C=O) groups is 1. The highest BCUT2D eigenvalue weighted by Gasteiger charge is 2.28. The second-order valence-electron chi connectivity index (χ2n) is 5.56. The van der Waals surface area contributed by atoms with E-state index in [1.807, 2.05) is 30.3 Å². The van der Waals surface area contributed by atoms with Crippen molar-refractivity contribution in [3.63, 3.8) is 0 Å². The Morgan fingerprint density at radius 3 is 2.35 bits per heavy atom. The molecule has 0 spiro atoms. The first-order chi connectivity index (χ1) is 12.4. The molecule has 2 N–H and O–H groups in total. The van der Waals surface area contributed by atoms with Crippen molar-refractivity contribution < 1.29 is 22.7 Å². The Morgan fingerprint density at radius 1 is 1.08 bits per heavy atom. The molecule has 0 radical (unpaired) electrons. The molecule has 0 saturated carbocycles. The van der Waals surface area contributed by atoms with Crippen LogP contribution < -0.4 is 15.2 Å². The average Bonchev–Trinajstić information content (AvgIpc) is 2.65. The number of amides is 1. The lowest BCUT2D eigenvalue weighted by Gasteiger charge is -2.23. The number of methoxy groups -OCH3 is 2. The van der Waals surface area contributed by atoms with E-state index in [0.717, 1.165) is 5.56 Å². The van der Waals surface area contributed by atoms with E-state index in [0.29, 0.717) is 5.75 Å². The van der Waals surface area contributed by atoms with Gasteiger partial charge in [-0.05, 0) is 17.7 Å². The fraction of sp³-hybridized carbons (Fsp3) is 0.278. The van der Waals surface area contributed by atoms with Gasteiger partial charge in [0.05, 0.1) is 14.2 Å². The van der Waals surface area contributed by atoms with Gasteiger partial charge in [-0.15, -0.1) is 0 Å². The second kappa shape index (κ2) is 8.68. The highest BCUT2D eigenvalue weighted by molar-refractivity contribution is 7.89. The van der Waals surface area contributed by atoms with Gasteiger partial charge < -0.3 is 15.2 Å². The predicted octanol–water partition coefficient (Wildman–Crippen LogP) is 1.77. The first kappa shape index (κ1) is 19.7. The minimum absolute atomic E-state index is 0.0280. The second-order valence-corrected chi connectivity index (χ2v) is 7.46. The summed E-state index contributed by atoms with van der Waals surface area (Å²) in [6.45, 7) is 0.0732. The molecule has 0 aromatic heterocycles. The van der Waals surface area contributed by atoms with Gasteiger partial charge in [-0.1, -0.05) is 30.3 Å². The van der Waals surface area contributed by atoms with Gasteiger partial charge in [0.1, 0.15) is 16.4 Å². The summed E-state index contributed by atoms with van der Waals surface area (Å²) in [5.41, 5.74) is 6.01. The minimum Gasteiger partial charge on any atom is -0.497 e. The lowest BCUT2D eigenvalue weighted by molar-refractivity contribution is -0.118. The van der Waals surface area contributed by atoms with Gasteiger partial charge in [0.25, 0.3) is 0 Å². The number of nitrogens with zero attached hydrogens (tertiary/aromatic N) is 1. The van der Waals surface area contributed by atoms with Crippen LogP contribution in [0.3, 0.4) is 0 Å². The van der Waals surface area contributed by atoms with Crippen LogP contribution in [0.15, 0.2) is 53.4 Å². The molecular formula is C18H22N2O5S. The molecule has 0 fully saturated rings. The summed E-state index contributed by atoms with van der Waals surface area (Å²) in [5, 5.41) is 0. The van der Waals surface area contributed by atoms with Crippen molar-refractivity contribution in [2.45, 2.75) is 17.9 Å². The summed E-state index contributed by atoms with van der Waals surface area (Å²) >= 11 is 0. The van der Waals surface area contributed by atoms with Crippen LogP contribution in [0, 0.1) is 0 Å². The molecule has 0 unspecified atom stereocenters. The van der Waals surface area contributed by atoms with Gasteiger partial charge in [-0.2, -0.15) is 4.31 Å². The van der Waals surface area contributed by atoms with Crippen molar-refractivity contribution >= 4 is 15.9 Å². The van der Waals surface area contributed by atoms with Crippen molar-refractivity contribution in [1.29, 1.82) is 0 Å². The molecule has 0 saturated heterocycles. The van der Waals surface area contributed by atoms with Crippen molar-refractivity contribution in [2.24, 2.45) is 5.73 Å². The van der Waals surface area contributed by atoms with Gasteiger partial charge in [-0.3, -0.25) is 4.79 Å². The monoisotopic (exact) mass is 378 g/mol. The van der Waals surface area contributed by atoms with Gasteiger partial charge >= 0.3 is 0 Å². The van der Waals surface area contributed by atoms with Gasteiger partial charge in [0.15, 0.2) is 0 Å². The van der Waals surface area contributed by atoms with Crippen LogP contribution in [0.5, 0.6) is 11.5 Å². The number of hydrogen-bond donors (Lipinski definition) is 1. The molecule has 140 valence electrons. The lowest BCUT2D eigenvalue weighted by atomic mass is 10.2. The average molecular weight is 378 g/mol. The number of primary amides is 1. The van der Waals surface area contributed by atoms with Crippen molar-refractivity contribution in [2.75, 3.05) is 20.8 Å². The van der Waals surface area contributed by atoms with Crippen LogP contribution in [-0.2, 0) is 21.4 Å². The van der Waals surface area contributed by atoms with Crippen LogP contribution in [0.4, 0.5) is 0 Å². The Morgan fingerprint density at radius 2 is 1.77 bits per heavy atom. The maximum atomic E-state index is 13.2. The molecule has 2 aromatic carbocycles. The van der Waals surface area contributed by atoms with E-state index in [1.165, 1.54) is 30.7 Å². The molecule has 0 aliphatic heterocycles. The summed E-state index contributed by atoms with van der Waals surface area (Å²) in [5.74, 6) is 0.0118. The first-order valence-electron chi connectivity index (χ1n) is 7.93. The Bertz CT molecular complexity index is 853. The third-order valence-corrected chi connectivity index (χ3v) is 5.66. The Balaban J connectivity index is 2.45. The van der Waals surface area contributed by atoms with E-state index in [2.05, 4.69) is 0 Å². The molecule has 2 aromatic rings. The van der Waals surface area contributed by atoms with Crippen LogP contribution in [0.1, 0.15) is 12.0 Å². The smallest absolute Gasteiger partial charge is 0.247 e. The summed E-state index contributed by atoms with van der Waals surface area (Å²) in [7, 11) is -1.10. The van der Waals surface area contributed by atoms with Crippen LogP contribution in [0.2, 0.25) is 0 Å². The number of sulfonamides is 1. The van der Waals surface area contributed by atoms with Gasteiger partial charge in [-0.25, -0.2) is 8.42 Å². The Kier molecular flexibility index (Phi) is 6.59. The van der Waals surface area contributed by atoms with Crippen LogP contribution >= 0.6 is 0 Å². The van der Waals surface area contributed by atoms with Crippen molar-refractivity contribution in [3.8, 4) is 11.5 Å². The van der Waals surface area contributed by atoms with E-state index in [9.17, 15) is 13.2 Å². The fourth-order valence-electron chi connectivity index (χ4n) is 2.43. The van der Waals surface area contributed by atoms with E-state index >= 15 is 0 Å². The lowest BCUT2D eigenvalue weighted by Crippen LogP contribution is -2.34.